The Balaban J connectivity index is 2.34. The summed E-state index contributed by atoms with van der Waals surface area (Å²) in [4.78, 5) is 14.8. The highest BCUT2D eigenvalue weighted by Crippen LogP contribution is 2.20. The molecule has 2 aromatic rings. The highest BCUT2D eigenvalue weighted by Gasteiger charge is 2.12. The molecule has 0 aliphatic rings. The highest BCUT2D eigenvalue weighted by molar-refractivity contribution is 5.89. The van der Waals surface area contributed by atoms with E-state index < -0.39 is 11.8 Å². The van der Waals surface area contributed by atoms with Crippen LogP contribution in [0, 0.1) is 5.82 Å². The molecule has 108 valence electrons. The predicted molar refractivity (Wildman–Crippen MR) is 76.4 cm³/mol. The third kappa shape index (κ3) is 3.34. The van der Waals surface area contributed by atoms with Crippen molar-refractivity contribution in [1.82, 2.24) is 4.98 Å². The van der Waals surface area contributed by atoms with Crippen LogP contribution in [-0.2, 0) is 0 Å². The second-order valence-corrected chi connectivity index (χ2v) is 4.20. The highest BCUT2D eigenvalue weighted by atomic mass is 19.1. The van der Waals surface area contributed by atoms with E-state index in [1.807, 2.05) is 0 Å². The maximum atomic E-state index is 13.7. The molecule has 6 nitrogen and oxygen atoms in total. The molecule has 0 bridgehead atoms. The van der Waals surface area contributed by atoms with Gasteiger partial charge in [0.15, 0.2) is 0 Å². The van der Waals surface area contributed by atoms with Gasteiger partial charge in [0.05, 0.1) is 16.9 Å². The number of anilines is 1. The number of carbonyl (C=O) groups is 1. The first-order valence-electron chi connectivity index (χ1n) is 5.93. The number of halogens is 1. The topological polar surface area (TPSA) is 105 Å². The lowest BCUT2D eigenvalue weighted by atomic mass is 10.2. The van der Waals surface area contributed by atoms with Gasteiger partial charge in [-0.3, -0.25) is 9.99 Å². The molecule has 0 unspecified atom stereocenters. The molecule has 1 aromatic heterocycles. The van der Waals surface area contributed by atoms with Gasteiger partial charge in [0.2, 0.25) is 0 Å². The van der Waals surface area contributed by atoms with E-state index in [-0.39, 0.29) is 16.9 Å². The zero-order valence-electron chi connectivity index (χ0n) is 10.9. The number of nitrogens with zero attached hydrogens (tertiary/aromatic N) is 2. The summed E-state index contributed by atoms with van der Waals surface area (Å²) in [6.07, 6.45) is 4.41. The first-order valence-corrected chi connectivity index (χ1v) is 5.93. The molecule has 0 saturated heterocycles. The van der Waals surface area contributed by atoms with E-state index >= 15 is 0 Å². The Kier molecular flexibility index (Phi) is 4.15. The Bertz CT molecular complexity index is 689. The first kappa shape index (κ1) is 14.5. The van der Waals surface area contributed by atoms with Gasteiger partial charge >= 0.3 is 5.97 Å². The van der Waals surface area contributed by atoms with Crippen LogP contribution in [0.2, 0.25) is 0 Å². The molecule has 0 aliphatic heterocycles. The van der Waals surface area contributed by atoms with Crippen molar-refractivity contribution >= 4 is 17.4 Å². The molecule has 1 heterocycles. The predicted octanol–water partition coefficient (Wildman–Crippen LogP) is 1.56. The normalized spacial score (nSPS) is 11.2. The average molecular weight is 288 g/mol. The average Bonchev–Trinajstić information content (AvgIpc) is 2.48. The Morgan fingerprint density at radius 3 is 2.71 bits per heavy atom. The second kappa shape index (κ2) is 6.02. The number of hydrazine groups is 1. The van der Waals surface area contributed by atoms with E-state index in [9.17, 15) is 9.18 Å². The third-order valence-corrected chi connectivity index (χ3v) is 2.74. The number of hydrogen-bond donors (Lipinski definition) is 3. The molecule has 0 amide bonds. The van der Waals surface area contributed by atoms with Gasteiger partial charge in [-0.1, -0.05) is 0 Å². The third-order valence-electron chi connectivity index (χ3n) is 2.74. The molecular weight excluding hydrogens is 275 g/mol. The molecule has 0 fully saturated rings. The fraction of sp³-hybridized carbons (Fsp3) is 0. The summed E-state index contributed by atoms with van der Waals surface area (Å²) in [5.41, 5.74) is 6.56. The number of carboxylic acids is 1. The molecule has 0 atom stereocenters. The van der Waals surface area contributed by atoms with Crippen LogP contribution in [-0.4, -0.2) is 16.1 Å². The Morgan fingerprint density at radius 2 is 2.10 bits per heavy atom. The van der Waals surface area contributed by atoms with E-state index in [0.29, 0.717) is 5.56 Å². The maximum absolute atomic E-state index is 13.7. The van der Waals surface area contributed by atoms with Crippen molar-refractivity contribution in [2.75, 3.05) is 5.01 Å². The van der Waals surface area contributed by atoms with E-state index in [2.05, 4.69) is 4.98 Å². The van der Waals surface area contributed by atoms with E-state index in [1.165, 1.54) is 12.4 Å². The van der Waals surface area contributed by atoms with Crippen LogP contribution < -0.4 is 16.6 Å². The zero-order chi connectivity index (χ0) is 15.4. The lowest BCUT2D eigenvalue weighted by molar-refractivity contribution is 0.0697. The maximum Gasteiger partial charge on any atom is 0.335 e. The van der Waals surface area contributed by atoms with Crippen LogP contribution in [0.4, 0.5) is 10.1 Å². The van der Waals surface area contributed by atoms with Crippen molar-refractivity contribution in [2.24, 2.45) is 11.6 Å². The summed E-state index contributed by atoms with van der Waals surface area (Å²) >= 11 is 0. The zero-order valence-corrected chi connectivity index (χ0v) is 10.9. The quantitative estimate of drug-likeness (QED) is 0.582. The van der Waals surface area contributed by atoms with Crippen molar-refractivity contribution in [3.63, 3.8) is 0 Å². The summed E-state index contributed by atoms with van der Waals surface area (Å²) in [6, 6.07) is 6.74. The van der Waals surface area contributed by atoms with Gasteiger partial charge < -0.3 is 10.8 Å². The van der Waals surface area contributed by atoms with Gasteiger partial charge in [-0.15, -0.1) is 0 Å². The molecule has 7 heteroatoms. The van der Waals surface area contributed by atoms with Crippen LogP contribution in [0.25, 0.3) is 5.70 Å². The Hall–Kier alpha value is -2.93. The Morgan fingerprint density at radius 1 is 1.33 bits per heavy atom. The number of carboxylic acid groups (broad SMARTS) is 1. The van der Waals surface area contributed by atoms with Crippen LogP contribution in [0.15, 0.2) is 48.9 Å². The van der Waals surface area contributed by atoms with Crippen molar-refractivity contribution < 1.29 is 14.3 Å². The smallest absolute Gasteiger partial charge is 0.335 e. The number of aromatic carboxylic acids is 1. The summed E-state index contributed by atoms with van der Waals surface area (Å²) in [5.74, 6) is 3.90. The van der Waals surface area contributed by atoms with E-state index in [0.717, 1.165) is 23.2 Å². The fourth-order valence-corrected chi connectivity index (χ4v) is 1.67. The molecule has 21 heavy (non-hydrogen) atoms. The minimum atomic E-state index is -1.17. The molecule has 5 N–H and O–H groups in total. The van der Waals surface area contributed by atoms with Gasteiger partial charge in [-0.25, -0.2) is 15.0 Å². The molecule has 0 saturated carbocycles. The SMILES string of the molecule is N/C(=C\N(N)c1cc(C(=O)O)ccc1F)c1cccnc1. The first-order chi connectivity index (χ1) is 9.99. The standard InChI is InChI=1S/C14H13FN4O2/c15-11-4-3-9(14(20)21)6-13(11)19(17)8-12(16)10-2-1-5-18-7-10/h1-8H,16-17H2,(H,20,21)/b12-8-. The van der Waals surface area contributed by atoms with Gasteiger partial charge in [0.1, 0.15) is 5.82 Å². The summed E-state index contributed by atoms with van der Waals surface area (Å²) in [5, 5.41) is 9.85. The molecular formula is C14H13FN4O2. The van der Waals surface area contributed by atoms with Gasteiger partial charge in [-0.2, -0.15) is 0 Å². The van der Waals surface area contributed by atoms with E-state index in [4.69, 9.17) is 16.7 Å². The van der Waals surface area contributed by atoms with E-state index in [1.54, 1.807) is 18.3 Å². The number of aromatic nitrogens is 1. The van der Waals surface area contributed by atoms with Crippen LogP contribution in [0.5, 0.6) is 0 Å². The Labute approximate surface area is 120 Å². The van der Waals surface area contributed by atoms with Gasteiger partial charge in [-0.05, 0) is 30.3 Å². The van der Waals surface area contributed by atoms with Gasteiger partial charge in [0.25, 0.3) is 0 Å². The number of nitrogens with two attached hydrogens (primary N) is 2. The minimum Gasteiger partial charge on any atom is -0.478 e. The molecule has 1 aromatic carbocycles. The van der Waals surface area contributed by atoms with Crippen LogP contribution >= 0.6 is 0 Å². The van der Waals surface area contributed by atoms with Crippen molar-refractivity contribution in [3.05, 3.63) is 65.9 Å². The minimum absolute atomic E-state index is 0.0739. The molecule has 2 rings (SSSR count). The van der Waals surface area contributed by atoms with Crippen molar-refractivity contribution in [2.45, 2.75) is 0 Å². The number of benzene rings is 1. The van der Waals surface area contributed by atoms with Crippen molar-refractivity contribution in [3.8, 4) is 0 Å². The molecule has 0 radical (unpaired) electrons. The molecule has 0 spiro atoms. The summed E-state index contributed by atoms with van der Waals surface area (Å²) in [7, 11) is 0. The lowest BCUT2D eigenvalue weighted by Gasteiger charge is -2.16. The summed E-state index contributed by atoms with van der Waals surface area (Å²) < 4.78 is 13.7. The lowest BCUT2D eigenvalue weighted by Crippen LogP contribution is -2.27. The van der Waals surface area contributed by atoms with Crippen LogP contribution in [0.3, 0.4) is 0 Å². The number of pyridine rings is 1. The summed E-state index contributed by atoms with van der Waals surface area (Å²) in [6.45, 7) is 0. The number of rotatable bonds is 4. The largest absolute Gasteiger partial charge is 0.478 e. The van der Waals surface area contributed by atoms with Crippen LogP contribution in [0.1, 0.15) is 15.9 Å². The monoisotopic (exact) mass is 288 g/mol. The number of hydrogen-bond acceptors (Lipinski definition) is 5. The van der Waals surface area contributed by atoms with Crippen molar-refractivity contribution in [1.29, 1.82) is 0 Å². The molecule has 0 aliphatic carbocycles. The second-order valence-electron chi connectivity index (χ2n) is 4.20. The fourth-order valence-electron chi connectivity index (χ4n) is 1.67. The van der Waals surface area contributed by atoms with Gasteiger partial charge in [0, 0.05) is 24.2 Å².